The second-order valence-electron chi connectivity index (χ2n) is 7.06. The van der Waals surface area contributed by atoms with E-state index < -0.39 is 40.8 Å². The van der Waals surface area contributed by atoms with Gasteiger partial charge in [-0.2, -0.15) is 0 Å². The number of rotatable bonds is 9. The second kappa shape index (κ2) is 10.8. The molecule has 5 N–H and O–H groups in total. The van der Waals surface area contributed by atoms with E-state index in [2.05, 4.69) is 16.0 Å². The molecule has 0 saturated carbocycles. The van der Waals surface area contributed by atoms with Gasteiger partial charge in [-0.15, -0.1) is 0 Å². The summed E-state index contributed by atoms with van der Waals surface area (Å²) in [5.74, 6) is -1.54. The Balaban J connectivity index is 2.13. The molecule has 0 spiro atoms. The maximum Gasteiger partial charge on any atom is 0.269 e. The molecule has 0 bridgehead atoms. The van der Waals surface area contributed by atoms with E-state index in [0.29, 0.717) is 5.69 Å². The van der Waals surface area contributed by atoms with E-state index in [1.54, 1.807) is 0 Å². The summed E-state index contributed by atoms with van der Waals surface area (Å²) in [7, 11) is 0. The van der Waals surface area contributed by atoms with Gasteiger partial charge in [0.05, 0.1) is 11.0 Å². The van der Waals surface area contributed by atoms with Crippen molar-refractivity contribution in [2.45, 2.75) is 38.4 Å². The van der Waals surface area contributed by atoms with Gasteiger partial charge in [-0.3, -0.25) is 24.5 Å². The monoisotopic (exact) mass is 427 g/mol. The number of benzene rings is 2. The number of amides is 3. The Kier molecular flexibility index (Phi) is 8.21. The van der Waals surface area contributed by atoms with Gasteiger partial charge in [-0.1, -0.05) is 30.3 Å². The number of non-ortho nitro benzene ring substituents is 1. The van der Waals surface area contributed by atoms with E-state index >= 15 is 0 Å². The van der Waals surface area contributed by atoms with Crippen molar-refractivity contribution in [2.75, 3.05) is 5.32 Å². The van der Waals surface area contributed by atoms with Crippen molar-refractivity contribution in [3.8, 4) is 0 Å². The number of nitrogens with two attached hydrogens (primary N) is 1. The molecule has 0 aliphatic rings. The van der Waals surface area contributed by atoms with E-state index in [4.69, 9.17) is 5.73 Å². The lowest BCUT2D eigenvalue weighted by Crippen LogP contribution is -2.54. The van der Waals surface area contributed by atoms with Crippen LogP contribution in [0.2, 0.25) is 0 Å². The standard InChI is InChI=1S/C21H25N5O5/c1-13(22)19(27)23-14(2)20(28)25-18(12-15-6-4-3-5-7-15)21(29)24-16-8-10-17(11-9-16)26(30)31/h3-11,13-14,18H,12,22H2,1-2H3,(H,23,27)(H,24,29)(H,25,28)/t13-,14+,18-/m0/s1. The Morgan fingerprint density at radius 1 is 0.935 bits per heavy atom. The van der Waals surface area contributed by atoms with Crippen LogP contribution in [-0.4, -0.2) is 40.8 Å². The van der Waals surface area contributed by atoms with Crippen molar-refractivity contribution in [1.29, 1.82) is 0 Å². The van der Waals surface area contributed by atoms with E-state index in [9.17, 15) is 24.5 Å². The second-order valence-corrected chi connectivity index (χ2v) is 7.06. The first-order valence-electron chi connectivity index (χ1n) is 9.63. The first-order valence-corrected chi connectivity index (χ1v) is 9.63. The molecule has 0 fully saturated rings. The Morgan fingerprint density at radius 3 is 2.10 bits per heavy atom. The van der Waals surface area contributed by atoms with Crippen LogP contribution in [0.25, 0.3) is 0 Å². The maximum atomic E-state index is 12.9. The molecule has 2 rings (SSSR count). The number of anilines is 1. The van der Waals surface area contributed by atoms with Gasteiger partial charge < -0.3 is 21.7 Å². The fraction of sp³-hybridized carbons (Fsp3) is 0.286. The Labute approximate surface area is 179 Å². The van der Waals surface area contributed by atoms with Gasteiger partial charge in [0.15, 0.2) is 0 Å². The molecule has 0 aromatic heterocycles. The molecule has 3 amide bonds. The molecule has 0 unspecified atom stereocenters. The van der Waals surface area contributed by atoms with Crippen molar-refractivity contribution < 1.29 is 19.3 Å². The van der Waals surface area contributed by atoms with Crippen molar-refractivity contribution in [2.24, 2.45) is 5.73 Å². The van der Waals surface area contributed by atoms with Crippen molar-refractivity contribution in [3.05, 3.63) is 70.3 Å². The predicted molar refractivity (Wildman–Crippen MR) is 115 cm³/mol. The number of carbonyl (C=O) groups is 3. The first kappa shape index (κ1) is 23.5. The maximum absolute atomic E-state index is 12.9. The zero-order chi connectivity index (χ0) is 23.0. The van der Waals surface area contributed by atoms with Gasteiger partial charge in [0, 0.05) is 24.2 Å². The van der Waals surface area contributed by atoms with Crippen molar-refractivity contribution >= 4 is 29.1 Å². The summed E-state index contributed by atoms with van der Waals surface area (Å²) in [4.78, 5) is 47.4. The molecular weight excluding hydrogens is 402 g/mol. The van der Waals surface area contributed by atoms with Crippen LogP contribution >= 0.6 is 0 Å². The van der Waals surface area contributed by atoms with Crippen molar-refractivity contribution in [1.82, 2.24) is 10.6 Å². The average molecular weight is 427 g/mol. The zero-order valence-corrected chi connectivity index (χ0v) is 17.2. The molecule has 0 saturated heterocycles. The highest BCUT2D eigenvalue weighted by Crippen LogP contribution is 2.16. The Hall–Kier alpha value is -3.79. The molecule has 31 heavy (non-hydrogen) atoms. The molecule has 10 heteroatoms. The third-order valence-electron chi connectivity index (χ3n) is 4.43. The van der Waals surface area contributed by atoms with Crippen LogP contribution in [0.15, 0.2) is 54.6 Å². The summed E-state index contributed by atoms with van der Waals surface area (Å²) in [6.07, 6.45) is 0.208. The van der Waals surface area contributed by atoms with Crippen LogP contribution in [0.4, 0.5) is 11.4 Å². The Morgan fingerprint density at radius 2 is 1.55 bits per heavy atom. The summed E-state index contributed by atoms with van der Waals surface area (Å²) in [6.45, 7) is 2.99. The third-order valence-corrected chi connectivity index (χ3v) is 4.43. The number of nitrogens with zero attached hydrogens (tertiary/aromatic N) is 1. The van der Waals surface area contributed by atoms with Gasteiger partial charge in [0.25, 0.3) is 5.69 Å². The predicted octanol–water partition coefficient (Wildman–Crippen LogP) is 1.11. The largest absolute Gasteiger partial charge is 0.343 e. The van der Waals surface area contributed by atoms with E-state index in [0.717, 1.165) is 5.56 Å². The highest BCUT2D eigenvalue weighted by atomic mass is 16.6. The quantitative estimate of drug-likeness (QED) is 0.347. The van der Waals surface area contributed by atoms with Crippen LogP contribution in [0.5, 0.6) is 0 Å². The van der Waals surface area contributed by atoms with Crippen LogP contribution < -0.4 is 21.7 Å². The molecule has 0 heterocycles. The smallest absolute Gasteiger partial charge is 0.269 e. The third kappa shape index (κ3) is 7.19. The van der Waals surface area contributed by atoms with E-state index in [-0.39, 0.29) is 12.1 Å². The molecule has 3 atom stereocenters. The van der Waals surface area contributed by atoms with Crippen LogP contribution in [-0.2, 0) is 20.8 Å². The Bertz CT molecular complexity index is 931. The molecule has 2 aromatic carbocycles. The first-order chi connectivity index (χ1) is 14.7. The summed E-state index contributed by atoms with van der Waals surface area (Å²) in [5.41, 5.74) is 6.56. The van der Waals surface area contributed by atoms with Crippen LogP contribution in [0.1, 0.15) is 19.4 Å². The summed E-state index contributed by atoms with van der Waals surface area (Å²) in [6, 6.07) is 11.8. The number of carbonyl (C=O) groups excluding carboxylic acids is 3. The SMILES string of the molecule is C[C@H](N)C(=O)N[C@H](C)C(=O)N[C@@H](Cc1ccccc1)C(=O)Nc1ccc([N+](=O)[O-])cc1. The normalized spacial score (nSPS) is 13.4. The molecule has 0 aliphatic carbocycles. The fourth-order valence-corrected chi connectivity index (χ4v) is 2.66. The highest BCUT2D eigenvalue weighted by molar-refractivity contribution is 5.98. The molecular formula is C21H25N5O5. The van der Waals surface area contributed by atoms with Gasteiger partial charge in [-0.05, 0) is 31.5 Å². The lowest BCUT2D eigenvalue weighted by atomic mass is 10.0. The minimum Gasteiger partial charge on any atom is -0.343 e. The van der Waals surface area contributed by atoms with Gasteiger partial charge in [-0.25, -0.2) is 0 Å². The summed E-state index contributed by atoms with van der Waals surface area (Å²) >= 11 is 0. The van der Waals surface area contributed by atoms with Crippen LogP contribution in [0.3, 0.4) is 0 Å². The average Bonchev–Trinajstić information content (AvgIpc) is 2.74. The minimum atomic E-state index is -0.945. The lowest BCUT2D eigenvalue weighted by molar-refractivity contribution is -0.384. The molecule has 164 valence electrons. The number of nitro benzene ring substituents is 1. The topological polar surface area (TPSA) is 156 Å². The van der Waals surface area contributed by atoms with Crippen molar-refractivity contribution in [3.63, 3.8) is 0 Å². The summed E-state index contributed by atoms with van der Waals surface area (Å²) < 4.78 is 0. The van der Waals surface area contributed by atoms with Gasteiger partial charge in [0.2, 0.25) is 17.7 Å². The van der Waals surface area contributed by atoms with E-state index in [1.807, 2.05) is 30.3 Å². The number of nitro groups is 1. The van der Waals surface area contributed by atoms with Gasteiger partial charge in [0.1, 0.15) is 12.1 Å². The number of hydrogen-bond donors (Lipinski definition) is 4. The zero-order valence-electron chi connectivity index (χ0n) is 17.2. The molecule has 10 nitrogen and oxygen atoms in total. The molecule has 0 aliphatic heterocycles. The highest BCUT2D eigenvalue weighted by Gasteiger charge is 2.25. The molecule has 0 radical (unpaired) electrons. The van der Waals surface area contributed by atoms with Crippen LogP contribution in [0, 0.1) is 10.1 Å². The lowest BCUT2D eigenvalue weighted by Gasteiger charge is -2.22. The van der Waals surface area contributed by atoms with E-state index in [1.165, 1.54) is 38.1 Å². The molecule has 2 aromatic rings. The number of nitrogens with one attached hydrogen (secondary N) is 3. The fourth-order valence-electron chi connectivity index (χ4n) is 2.66. The minimum absolute atomic E-state index is 0.106. The number of hydrogen-bond acceptors (Lipinski definition) is 6. The summed E-state index contributed by atoms with van der Waals surface area (Å²) in [5, 5.41) is 18.6. The van der Waals surface area contributed by atoms with Gasteiger partial charge >= 0.3 is 0 Å².